The molecule has 23 heavy (non-hydrogen) atoms. The van der Waals surface area contributed by atoms with Crippen LogP contribution in [0.15, 0.2) is 12.4 Å². The van der Waals surface area contributed by atoms with Crippen molar-refractivity contribution in [3.63, 3.8) is 0 Å². The maximum absolute atomic E-state index is 13.0. The molecular weight excluding hydrogens is 312 g/mol. The average Bonchev–Trinajstić information content (AvgIpc) is 3.26. The highest BCUT2D eigenvalue weighted by Gasteiger charge is 2.38. The molecule has 1 aliphatic heterocycles. The molecule has 2 atom stereocenters. The normalized spacial score (nSPS) is 21.1. The summed E-state index contributed by atoms with van der Waals surface area (Å²) < 4.78 is 5.47. The lowest BCUT2D eigenvalue weighted by atomic mass is 10.1. The molecule has 7 heteroatoms. The van der Waals surface area contributed by atoms with E-state index in [1.807, 2.05) is 11.0 Å². The summed E-state index contributed by atoms with van der Waals surface area (Å²) in [5.41, 5.74) is 1.28. The van der Waals surface area contributed by atoms with Crippen molar-refractivity contribution in [2.45, 2.75) is 45.3 Å². The van der Waals surface area contributed by atoms with Crippen LogP contribution in [-0.4, -0.2) is 45.7 Å². The van der Waals surface area contributed by atoms with E-state index in [1.165, 1.54) is 16.8 Å². The molecule has 0 aliphatic carbocycles. The van der Waals surface area contributed by atoms with E-state index in [4.69, 9.17) is 4.74 Å². The molecule has 0 saturated carbocycles. The number of hydrogen-bond donors (Lipinski definition) is 1. The third-order valence-electron chi connectivity index (χ3n) is 4.36. The molecule has 0 aromatic carbocycles. The molecule has 1 saturated heterocycles. The van der Waals surface area contributed by atoms with Crippen LogP contribution in [0, 0.1) is 6.92 Å². The van der Waals surface area contributed by atoms with Crippen LogP contribution in [0.2, 0.25) is 0 Å². The molecule has 1 amide bonds. The van der Waals surface area contributed by atoms with Gasteiger partial charge in [-0.25, -0.2) is 4.98 Å². The topological polar surface area (TPSA) is 71.1 Å². The smallest absolute Gasteiger partial charge is 0.264 e. The SMILES string of the molecule is CCCc1cc(C(=O)N2C[C@H](OC)C[C@H]2c2ncn[nH]2)sc1C. The fourth-order valence-electron chi connectivity index (χ4n) is 3.11. The Morgan fingerprint density at radius 2 is 2.39 bits per heavy atom. The Bertz CT molecular complexity index is 668. The minimum Gasteiger partial charge on any atom is -0.380 e. The van der Waals surface area contributed by atoms with Gasteiger partial charge in [0.05, 0.1) is 17.0 Å². The first kappa shape index (κ1) is 16.1. The number of H-pyrrole nitrogens is 1. The summed E-state index contributed by atoms with van der Waals surface area (Å²) in [6.45, 7) is 4.82. The number of methoxy groups -OCH3 is 1. The summed E-state index contributed by atoms with van der Waals surface area (Å²) in [4.78, 5) is 21.1. The summed E-state index contributed by atoms with van der Waals surface area (Å²) in [5, 5.41) is 6.80. The number of nitrogens with zero attached hydrogens (tertiary/aromatic N) is 3. The van der Waals surface area contributed by atoms with E-state index < -0.39 is 0 Å². The first-order valence-corrected chi connectivity index (χ1v) is 8.74. The Balaban J connectivity index is 1.85. The Hall–Kier alpha value is -1.73. The second-order valence-electron chi connectivity index (χ2n) is 5.88. The Kier molecular flexibility index (Phi) is 4.77. The molecule has 2 aromatic heterocycles. The Morgan fingerprint density at radius 3 is 3.04 bits per heavy atom. The lowest BCUT2D eigenvalue weighted by Crippen LogP contribution is -2.32. The van der Waals surface area contributed by atoms with Crippen molar-refractivity contribution in [3.05, 3.63) is 33.5 Å². The highest BCUT2D eigenvalue weighted by Crippen LogP contribution is 2.34. The van der Waals surface area contributed by atoms with Gasteiger partial charge in [0.25, 0.3) is 5.91 Å². The largest absolute Gasteiger partial charge is 0.380 e. The molecule has 0 unspecified atom stereocenters. The van der Waals surface area contributed by atoms with Crippen molar-refractivity contribution in [2.75, 3.05) is 13.7 Å². The van der Waals surface area contributed by atoms with Crippen molar-refractivity contribution >= 4 is 17.2 Å². The summed E-state index contributed by atoms with van der Waals surface area (Å²) in [5.74, 6) is 0.779. The first-order chi connectivity index (χ1) is 11.1. The third kappa shape index (κ3) is 3.16. The van der Waals surface area contributed by atoms with E-state index in [0.717, 1.165) is 30.0 Å². The summed E-state index contributed by atoms with van der Waals surface area (Å²) in [6.07, 6.45) is 4.35. The van der Waals surface area contributed by atoms with Gasteiger partial charge >= 0.3 is 0 Å². The second-order valence-corrected chi connectivity index (χ2v) is 7.14. The van der Waals surface area contributed by atoms with Crippen LogP contribution < -0.4 is 0 Å². The number of likely N-dealkylation sites (tertiary alicyclic amines) is 1. The zero-order valence-electron chi connectivity index (χ0n) is 13.7. The summed E-state index contributed by atoms with van der Waals surface area (Å²) in [7, 11) is 1.69. The van der Waals surface area contributed by atoms with Crippen LogP contribution >= 0.6 is 11.3 Å². The number of aromatic amines is 1. The van der Waals surface area contributed by atoms with Crippen molar-refractivity contribution in [1.29, 1.82) is 0 Å². The van der Waals surface area contributed by atoms with Gasteiger partial charge in [-0.2, -0.15) is 5.10 Å². The lowest BCUT2D eigenvalue weighted by molar-refractivity contribution is 0.0689. The molecule has 1 fully saturated rings. The number of ether oxygens (including phenoxy) is 1. The van der Waals surface area contributed by atoms with Gasteiger partial charge in [0.1, 0.15) is 12.2 Å². The minimum atomic E-state index is -0.105. The number of hydrogen-bond acceptors (Lipinski definition) is 5. The molecule has 1 N–H and O–H groups in total. The number of carbonyl (C=O) groups is 1. The Morgan fingerprint density at radius 1 is 1.57 bits per heavy atom. The maximum atomic E-state index is 13.0. The van der Waals surface area contributed by atoms with Crippen molar-refractivity contribution in [2.24, 2.45) is 0 Å². The van der Waals surface area contributed by atoms with Gasteiger partial charge in [-0.3, -0.25) is 9.89 Å². The zero-order valence-corrected chi connectivity index (χ0v) is 14.5. The fraction of sp³-hybridized carbons (Fsp3) is 0.562. The predicted molar refractivity (Wildman–Crippen MR) is 88.6 cm³/mol. The lowest BCUT2D eigenvalue weighted by Gasteiger charge is -2.21. The number of aryl methyl sites for hydroxylation is 2. The number of carbonyl (C=O) groups excluding carboxylic acids is 1. The fourth-order valence-corrected chi connectivity index (χ4v) is 4.14. The number of amides is 1. The monoisotopic (exact) mass is 334 g/mol. The zero-order chi connectivity index (χ0) is 16.4. The highest BCUT2D eigenvalue weighted by molar-refractivity contribution is 7.14. The second kappa shape index (κ2) is 6.80. The maximum Gasteiger partial charge on any atom is 0.264 e. The average molecular weight is 334 g/mol. The molecule has 0 spiro atoms. The van der Waals surface area contributed by atoms with E-state index in [0.29, 0.717) is 6.54 Å². The number of thiophene rings is 1. The van der Waals surface area contributed by atoms with E-state index in [1.54, 1.807) is 18.4 Å². The van der Waals surface area contributed by atoms with E-state index in [-0.39, 0.29) is 18.1 Å². The van der Waals surface area contributed by atoms with Crippen LogP contribution in [0.4, 0.5) is 0 Å². The molecular formula is C16H22N4O2S. The number of rotatable bonds is 5. The van der Waals surface area contributed by atoms with Gasteiger partial charge in [0, 0.05) is 25.0 Å². The molecule has 0 bridgehead atoms. The van der Waals surface area contributed by atoms with Gasteiger partial charge in [-0.1, -0.05) is 13.3 Å². The molecule has 1 aliphatic rings. The van der Waals surface area contributed by atoms with Crippen molar-refractivity contribution in [3.8, 4) is 0 Å². The van der Waals surface area contributed by atoms with Crippen LogP contribution in [0.1, 0.15) is 51.7 Å². The van der Waals surface area contributed by atoms with E-state index >= 15 is 0 Å². The predicted octanol–water partition coefficient (Wildman–Crippen LogP) is 2.73. The number of aromatic nitrogens is 3. The van der Waals surface area contributed by atoms with Crippen molar-refractivity contribution < 1.29 is 9.53 Å². The van der Waals surface area contributed by atoms with Gasteiger partial charge < -0.3 is 9.64 Å². The molecule has 2 aromatic rings. The van der Waals surface area contributed by atoms with E-state index in [9.17, 15) is 4.79 Å². The molecule has 3 rings (SSSR count). The summed E-state index contributed by atoms with van der Waals surface area (Å²) in [6, 6.07) is 1.94. The standard InChI is InChI=1S/C16H22N4O2S/c1-4-5-11-6-14(23-10(11)2)16(21)20-8-12(22-3)7-13(20)15-17-9-18-19-15/h6,9,12-13H,4-5,7-8H2,1-3H3,(H,17,18,19)/t12-,13+/m1/s1. The van der Waals surface area contributed by atoms with Gasteiger partial charge in [-0.15, -0.1) is 11.3 Å². The van der Waals surface area contributed by atoms with Gasteiger partial charge in [-0.05, 0) is 25.0 Å². The number of nitrogens with one attached hydrogen (secondary N) is 1. The quantitative estimate of drug-likeness (QED) is 0.912. The van der Waals surface area contributed by atoms with Gasteiger partial charge in [0.15, 0.2) is 0 Å². The minimum absolute atomic E-state index is 0.0326. The Labute approximate surface area is 139 Å². The molecule has 6 nitrogen and oxygen atoms in total. The van der Waals surface area contributed by atoms with Crippen LogP contribution in [0.3, 0.4) is 0 Å². The van der Waals surface area contributed by atoms with E-state index in [2.05, 4.69) is 29.0 Å². The molecule has 0 radical (unpaired) electrons. The molecule has 124 valence electrons. The van der Waals surface area contributed by atoms with Crippen LogP contribution in [0.25, 0.3) is 0 Å². The molecule has 3 heterocycles. The third-order valence-corrected chi connectivity index (χ3v) is 5.44. The van der Waals surface area contributed by atoms with Crippen LogP contribution in [-0.2, 0) is 11.2 Å². The first-order valence-electron chi connectivity index (χ1n) is 7.92. The highest BCUT2D eigenvalue weighted by atomic mass is 32.1. The summed E-state index contributed by atoms with van der Waals surface area (Å²) >= 11 is 1.58. The van der Waals surface area contributed by atoms with Crippen LogP contribution in [0.5, 0.6) is 0 Å². The van der Waals surface area contributed by atoms with Crippen molar-refractivity contribution in [1.82, 2.24) is 20.1 Å². The van der Waals surface area contributed by atoms with Gasteiger partial charge in [0.2, 0.25) is 0 Å².